The van der Waals surface area contributed by atoms with E-state index in [2.05, 4.69) is 0 Å². The van der Waals surface area contributed by atoms with Crippen molar-refractivity contribution in [1.29, 1.82) is 0 Å². The molecular weight excluding hydrogens is 506 g/mol. The van der Waals surface area contributed by atoms with Gasteiger partial charge >= 0.3 is 29.8 Å². The third-order valence-electron chi connectivity index (χ3n) is 4.56. The van der Waals surface area contributed by atoms with Gasteiger partial charge in [0, 0.05) is 6.42 Å². The van der Waals surface area contributed by atoms with Gasteiger partial charge in [-0.25, -0.2) is 4.79 Å². The van der Waals surface area contributed by atoms with E-state index in [-0.39, 0.29) is 25.0 Å². The topological polar surface area (TPSA) is 306 Å². The Morgan fingerprint density at radius 2 is 1.26 bits per heavy atom. The Morgan fingerprint density at radius 3 is 1.66 bits per heavy atom. The average molecular weight is 546 g/mol. The van der Waals surface area contributed by atoms with E-state index >= 15 is 0 Å². The fraction of sp³-hybridized carbons (Fsp3) is 0.522. The molecule has 1 aromatic carbocycles. The van der Waals surface area contributed by atoms with Crippen LogP contribution in [0.4, 0.5) is 0 Å². The summed E-state index contributed by atoms with van der Waals surface area (Å²) in [6.07, 6.45) is 2.08. The number of benzene rings is 1. The van der Waals surface area contributed by atoms with Gasteiger partial charge in [-0.1, -0.05) is 18.6 Å². The zero-order chi connectivity index (χ0) is 29.8. The third-order valence-corrected chi connectivity index (χ3v) is 4.56. The maximum absolute atomic E-state index is 11.6. The monoisotopic (exact) mass is 545 g/mol. The van der Waals surface area contributed by atoms with Crippen LogP contribution in [0.15, 0.2) is 24.3 Å². The van der Waals surface area contributed by atoms with Gasteiger partial charge in [-0.3, -0.25) is 19.2 Å². The van der Waals surface area contributed by atoms with Crippen LogP contribution in [0.2, 0.25) is 0 Å². The molecule has 0 radical (unpaired) electrons. The van der Waals surface area contributed by atoms with Crippen LogP contribution in [0.1, 0.15) is 44.6 Å². The predicted octanol–water partition coefficient (Wildman–Crippen LogP) is -1.32. The maximum atomic E-state index is 11.6. The minimum Gasteiger partial charge on any atom is -0.481 e. The Hall–Kier alpha value is -3.63. The molecule has 0 saturated heterocycles. The molecule has 216 valence electrons. The molecule has 0 heterocycles. The second kappa shape index (κ2) is 20.4. The van der Waals surface area contributed by atoms with Gasteiger partial charge in [-0.2, -0.15) is 0 Å². The van der Waals surface area contributed by atoms with Gasteiger partial charge in [0.15, 0.2) is 0 Å². The molecule has 15 heteroatoms. The highest BCUT2D eigenvalue weighted by Gasteiger charge is 2.17. The van der Waals surface area contributed by atoms with Crippen molar-refractivity contribution in [3.8, 4) is 5.75 Å². The SMILES string of the molecule is C[C@H](N)C(=O)O.NCCCC[C@H](N)C(=O)O.N[C@@H](Cc1ccc(OC(=O)[C@@H](N)CCC(=O)O)cc1)C(=O)O. The molecule has 15 nitrogen and oxygen atoms in total. The molecule has 0 unspecified atom stereocenters. The Bertz CT molecular complexity index is 880. The molecule has 1 rings (SSSR count). The fourth-order valence-corrected chi connectivity index (χ4v) is 2.26. The van der Waals surface area contributed by atoms with E-state index in [0.29, 0.717) is 18.5 Å². The number of nitrogens with two attached hydrogens (primary N) is 5. The number of aliphatic carboxylic acids is 4. The number of carboxylic acid groups (broad SMARTS) is 4. The quantitative estimate of drug-likeness (QED) is 0.0743. The second-order valence-corrected chi connectivity index (χ2v) is 8.11. The summed E-state index contributed by atoms with van der Waals surface area (Å²) in [5.74, 6) is -4.52. The van der Waals surface area contributed by atoms with Crippen LogP contribution in [0.3, 0.4) is 0 Å². The van der Waals surface area contributed by atoms with Crippen LogP contribution in [-0.4, -0.2) is 81.0 Å². The molecule has 4 atom stereocenters. The summed E-state index contributed by atoms with van der Waals surface area (Å²) in [4.78, 5) is 52.4. The van der Waals surface area contributed by atoms with E-state index in [4.69, 9.17) is 53.8 Å². The standard InChI is InChI=1S/C14H18N2O6.C6H14N2O2.C3H7NO2/c15-10(5-6-12(17)18)14(21)22-9-3-1-8(2-4-9)7-11(16)13(19)20;7-4-2-1-3-5(8)6(9)10;1-2(4)3(5)6/h1-4,10-11H,5-7,15-16H2,(H,17,18)(H,19,20);5H,1-4,7-8H2,(H,9,10);2H,4H2,1H3,(H,5,6)/t10-,11-;5-;2-/m000/s1. The van der Waals surface area contributed by atoms with Gasteiger partial charge in [-0.05, 0) is 56.8 Å². The lowest BCUT2D eigenvalue weighted by atomic mass is 10.1. The number of hydrogen-bond acceptors (Lipinski definition) is 11. The summed E-state index contributed by atoms with van der Waals surface area (Å²) < 4.78 is 5.01. The molecule has 0 bridgehead atoms. The van der Waals surface area contributed by atoms with E-state index in [1.807, 2.05) is 0 Å². The molecule has 0 aromatic heterocycles. The van der Waals surface area contributed by atoms with Crippen LogP contribution < -0.4 is 33.4 Å². The van der Waals surface area contributed by atoms with Gasteiger partial charge in [0.05, 0.1) is 0 Å². The van der Waals surface area contributed by atoms with E-state index in [1.165, 1.54) is 19.1 Å². The summed E-state index contributed by atoms with van der Waals surface area (Å²) in [5, 5.41) is 33.4. The zero-order valence-corrected chi connectivity index (χ0v) is 21.2. The van der Waals surface area contributed by atoms with Crippen molar-refractivity contribution in [2.24, 2.45) is 28.7 Å². The van der Waals surface area contributed by atoms with Gasteiger partial charge < -0.3 is 53.8 Å². The molecule has 0 spiro atoms. The van der Waals surface area contributed by atoms with E-state index in [1.54, 1.807) is 12.1 Å². The van der Waals surface area contributed by atoms with Gasteiger partial charge in [0.25, 0.3) is 0 Å². The third kappa shape index (κ3) is 19.5. The maximum Gasteiger partial charge on any atom is 0.328 e. The lowest BCUT2D eigenvalue weighted by Crippen LogP contribution is -2.34. The summed E-state index contributed by atoms with van der Waals surface area (Å²) in [7, 11) is 0. The first kappa shape index (κ1) is 36.5. The highest BCUT2D eigenvalue weighted by atomic mass is 16.5. The molecule has 0 saturated carbocycles. The summed E-state index contributed by atoms with van der Waals surface area (Å²) in [6, 6.07) is 2.70. The molecular formula is C23H39N5O10. The number of rotatable bonds is 14. The second-order valence-electron chi connectivity index (χ2n) is 8.11. The van der Waals surface area contributed by atoms with E-state index < -0.39 is 54.0 Å². The number of ether oxygens (including phenoxy) is 1. The number of carbonyl (C=O) groups is 5. The zero-order valence-electron chi connectivity index (χ0n) is 21.2. The van der Waals surface area contributed by atoms with E-state index in [0.717, 1.165) is 12.8 Å². The molecule has 0 aliphatic rings. The smallest absolute Gasteiger partial charge is 0.328 e. The van der Waals surface area contributed by atoms with Crippen LogP contribution in [0, 0.1) is 0 Å². The molecule has 0 amide bonds. The van der Waals surface area contributed by atoms with Crippen molar-refractivity contribution in [1.82, 2.24) is 0 Å². The van der Waals surface area contributed by atoms with Crippen LogP contribution in [0.5, 0.6) is 5.75 Å². The first-order valence-electron chi connectivity index (χ1n) is 11.6. The first-order chi connectivity index (χ1) is 17.6. The largest absolute Gasteiger partial charge is 0.481 e. The Morgan fingerprint density at radius 1 is 0.763 bits per heavy atom. The van der Waals surface area contributed by atoms with Crippen molar-refractivity contribution in [2.75, 3.05) is 6.54 Å². The number of hydrogen-bond donors (Lipinski definition) is 9. The van der Waals surface area contributed by atoms with E-state index in [9.17, 15) is 24.0 Å². The first-order valence-corrected chi connectivity index (χ1v) is 11.6. The molecule has 0 aliphatic heterocycles. The van der Waals surface area contributed by atoms with Gasteiger partial charge in [0.2, 0.25) is 0 Å². The average Bonchev–Trinajstić information content (AvgIpc) is 2.84. The highest BCUT2D eigenvalue weighted by Crippen LogP contribution is 2.14. The fourth-order valence-electron chi connectivity index (χ4n) is 2.26. The normalized spacial score (nSPS) is 13.2. The number of carbonyl (C=O) groups excluding carboxylic acids is 1. The van der Waals surface area contributed by atoms with Crippen molar-refractivity contribution in [3.05, 3.63) is 29.8 Å². The van der Waals surface area contributed by atoms with Crippen molar-refractivity contribution in [3.63, 3.8) is 0 Å². The number of carboxylic acids is 4. The molecule has 14 N–H and O–H groups in total. The van der Waals surface area contributed by atoms with Crippen molar-refractivity contribution < 1.29 is 49.1 Å². The highest BCUT2D eigenvalue weighted by molar-refractivity contribution is 5.79. The molecule has 0 fully saturated rings. The van der Waals surface area contributed by atoms with Gasteiger partial charge in [-0.15, -0.1) is 0 Å². The molecule has 1 aromatic rings. The Kier molecular flexibility index (Phi) is 19.6. The Labute approximate surface area is 219 Å². The number of unbranched alkanes of at least 4 members (excludes halogenated alkanes) is 1. The minimum atomic E-state index is -1.10. The minimum absolute atomic E-state index is 0.0142. The van der Waals surface area contributed by atoms with Gasteiger partial charge in [0.1, 0.15) is 29.9 Å². The van der Waals surface area contributed by atoms with Crippen LogP contribution >= 0.6 is 0 Å². The summed E-state index contributed by atoms with van der Waals surface area (Å²) >= 11 is 0. The van der Waals surface area contributed by atoms with Crippen LogP contribution in [-0.2, 0) is 30.4 Å². The van der Waals surface area contributed by atoms with Crippen molar-refractivity contribution >= 4 is 29.8 Å². The Balaban J connectivity index is 0. The molecule has 0 aliphatic carbocycles. The van der Waals surface area contributed by atoms with Crippen molar-refractivity contribution in [2.45, 2.75) is 69.6 Å². The summed E-state index contributed by atoms with van der Waals surface area (Å²) in [6.45, 7) is 2.02. The predicted molar refractivity (Wildman–Crippen MR) is 136 cm³/mol. The van der Waals surface area contributed by atoms with Crippen LogP contribution in [0.25, 0.3) is 0 Å². The number of esters is 1. The summed E-state index contributed by atoms with van der Waals surface area (Å²) in [5.41, 5.74) is 26.9. The molecule has 38 heavy (non-hydrogen) atoms. The lowest BCUT2D eigenvalue weighted by Gasteiger charge is -2.11. The lowest BCUT2D eigenvalue weighted by molar-refractivity contribution is -0.140.